The summed E-state index contributed by atoms with van der Waals surface area (Å²) < 4.78 is 1.86. The Morgan fingerprint density at radius 3 is 2.44 bits per heavy atom. The summed E-state index contributed by atoms with van der Waals surface area (Å²) in [6, 6.07) is 0. The van der Waals surface area contributed by atoms with E-state index in [1.165, 1.54) is 12.8 Å². The van der Waals surface area contributed by atoms with Gasteiger partial charge in [-0.3, -0.25) is 9.48 Å². The van der Waals surface area contributed by atoms with E-state index in [0.29, 0.717) is 18.0 Å². The van der Waals surface area contributed by atoms with Gasteiger partial charge in [0.05, 0.1) is 11.3 Å². The fourth-order valence-electron chi connectivity index (χ4n) is 3.80. The van der Waals surface area contributed by atoms with E-state index in [1.54, 1.807) is 12.4 Å². The predicted molar refractivity (Wildman–Crippen MR) is 100 cm³/mol. The third-order valence-electron chi connectivity index (χ3n) is 5.42. The Kier molecular flexibility index (Phi) is 5.28. The Morgan fingerprint density at radius 2 is 1.81 bits per heavy atom. The van der Waals surface area contributed by atoms with Gasteiger partial charge in [-0.25, -0.2) is 9.97 Å². The molecule has 9 heteroatoms. The van der Waals surface area contributed by atoms with Gasteiger partial charge in [-0.2, -0.15) is 0 Å². The van der Waals surface area contributed by atoms with E-state index in [9.17, 15) is 4.79 Å². The molecular weight excluding hydrogens is 344 g/mol. The Morgan fingerprint density at radius 1 is 1.11 bits per heavy atom. The number of nitrogens with two attached hydrogens (primary N) is 1. The monoisotopic (exact) mass is 370 g/mol. The van der Waals surface area contributed by atoms with Gasteiger partial charge >= 0.3 is 0 Å². The van der Waals surface area contributed by atoms with E-state index in [-0.39, 0.29) is 5.91 Å². The van der Waals surface area contributed by atoms with Crippen molar-refractivity contribution in [2.24, 2.45) is 11.7 Å². The van der Waals surface area contributed by atoms with Gasteiger partial charge < -0.3 is 15.5 Å². The number of hydrogen-bond acceptors (Lipinski definition) is 7. The SMILES string of the molecule is NCc1cn(CC2CCN(C(=O)c3cnc(N4CCCC4)nc3)CC2)nn1. The Balaban J connectivity index is 1.30. The smallest absolute Gasteiger partial charge is 0.256 e. The topological polar surface area (TPSA) is 106 Å². The minimum atomic E-state index is 0.0209. The number of amides is 1. The number of nitrogens with zero attached hydrogens (tertiary/aromatic N) is 7. The van der Waals surface area contributed by atoms with Crippen LogP contribution in [-0.4, -0.2) is 61.9 Å². The average molecular weight is 370 g/mol. The van der Waals surface area contributed by atoms with Crippen LogP contribution in [0.3, 0.4) is 0 Å². The zero-order valence-electron chi connectivity index (χ0n) is 15.5. The number of carbonyl (C=O) groups is 1. The molecule has 0 radical (unpaired) electrons. The van der Waals surface area contributed by atoms with Crippen LogP contribution in [-0.2, 0) is 13.1 Å². The molecule has 2 fully saturated rings. The van der Waals surface area contributed by atoms with Gasteiger partial charge in [0, 0.05) is 57.9 Å². The lowest BCUT2D eigenvalue weighted by Crippen LogP contribution is -2.39. The Bertz CT molecular complexity index is 760. The standard InChI is InChI=1S/C18H26N8O/c19-9-16-13-26(23-22-16)12-14-3-7-24(8-4-14)17(27)15-10-20-18(21-11-15)25-5-1-2-6-25/h10-11,13-14H,1-9,12,19H2. The highest BCUT2D eigenvalue weighted by atomic mass is 16.2. The predicted octanol–water partition coefficient (Wildman–Crippen LogP) is 0.679. The highest BCUT2D eigenvalue weighted by molar-refractivity contribution is 5.93. The van der Waals surface area contributed by atoms with Crippen LogP contribution in [0.25, 0.3) is 0 Å². The van der Waals surface area contributed by atoms with E-state index in [4.69, 9.17) is 5.73 Å². The van der Waals surface area contributed by atoms with Crippen molar-refractivity contribution >= 4 is 11.9 Å². The average Bonchev–Trinajstić information content (AvgIpc) is 3.40. The van der Waals surface area contributed by atoms with E-state index < -0.39 is 0 Å². The fourth-order valence-corrected chi connectivity index (χ4v) is 3.80. The summed E-state index contributed by atoms with van der Waals surface area (Å²) in [6.07, 6.45) is 9.50. The second-order valence-corrected chi connectivity index (χ2v) is 7.34. The summed E-state index contributed by atoms with van der Waals surface area (Å²) in [7, 11) is 0. The van der Waals surface area contributed by atoms with Gasteiger partial charge in [0.2, 0.25) is 5.95 Å². The van der Waals surface area contributed by atoms with Gasteiger partial charge in [-0.1, -0.05) is 5.21 Å². The number of hydrogen-bond donors (Lipinski definition) is 1. The molecule has 2 aliphatic heterocycles. The summed E-state index contributed by atoms with van der Waals surface area (Å²) >= 11 is 0. The van der Waals surface area contributed by atoms with E-state index in [1.807, 2.05) is 15.8 Å². The van der Waals surface area contributed by atoms with Crippen LogP contribution >= 0.6 is 0 Å². The normalized spacial score (nSPS) is 18.3. The molecule has 0 aromatic carbocycles. The van der Waals surface area contributed by atoms with Gasteiger partial charge in [-0.05, 0) is 31.6 Å². The first-order chi connectivity index (χ1) is 13.2. The molecule has 0 atom stereocenters. The van der Waals surface area contributed by atoms with Crippen LogP contribution in [0, 0.1) is 5.92 Å². The van der Waals surface area contributed by atoms with Crippen molar-refractivity contribution in [2.45, 2.75) is 38.8 Å². The lowest BCUT2D eigenvalue weighted by molar-refractivity contribution is 0.0680. The van der Waals surface area contributed by atoms with E-state index >= 15 is 0 Å². The molecule has 4 heterocycles. The van der Waals surface area contributed by atoms with Gasteiger partial charge in [0.15, 0.2) is 0 Å². The maximum absolute atomic E-state index is 12.7. The molecule has 2 aliphatic rings. The number of carbonyl (C=O) groups excluding carboxylic acids is 1. The molecular formula is C18H26N8O. The summed E-state index contributed by atoms with van der Waals surface area (Å²) in [5.74, 6) is 1.25. The molecule has 2 aromatic heterocycles. The first kappa shape index (κ1) is 17.8. The number of likely N-dealkylation sites (tertiary alicyclic amines) is 1. The molecule has 1 amide bonds. The minimum Gasteiger partial charge on any atom is -0.341 e. The van der Waals surface area contributed by atoms with Gasteiger partial charge in [0.25, 0.3) is 5.91 Å². The molecule has 2 saturated heterocycles. The maximum Gasteiger partial charge on any atom is 0.256 e. The third-order valence-corrected chi connectivity index (χ3v) is 5.42. The quantitative estimate of drug-likeness (QED) is 0.825. The summed E-state index contributed by atoms with van der Waals surface area (Å²) in [5, 5.41) is 8.13. The molecule has 0 aliphatic carbocycles. The summed E-state index contributed by atoms with van der Waals surface area (Å²) in [6.45, 7) is 4.72. The number of anilines is 1. The minimum absolute atomic E-state index is 0.0209. The Hall–Kier alpha value is -2.55. The zero-order chi connectivity index (χ0) is 18.6. The van der Waals surface area contributed by atoms with E-state index in [0.717, 1.165) is 57.2 Å². The first-order valence-corrected chi connectivity index (χ1v) is 9.68. The molecule has 0 unspecified atom stereocenters. The van der Waals surface area contributed by atoms with Crippen molar-refractivity contribution in [3.8, 4) is 0 Å². The summed E-state index contributed by atoms with van der Waals surface area (Å²) in [4.78, 5) is 25.6. The van der Waals surface area contributed by atoms with Gasteiger partial charge in [0.1, 0.15) is 0 Å². The lowest BCUT2D eigenvalue weighted by atomic mass is 9.96. The second-order valence-electron chi connectivity index (χ2n) is 7.34. The molecule has 0 saturated carbocycles. The molecule has 9 nitrogen and oxygen atoms in total. The fraction of sp³-hybridized carbons (Fsp3) is 0.611. The number of aromatic nitrogens is 5. The van der Waals surface area contributed by atoms with Crippen molar-refractivity contribution in [1.82, 2.24) is 29.9 Å². The molecule has 2 aromatic rings. The van der Waals surface area contributed by atoms with Crippen LogP contribution < -0.4 is 10.6 Å². The lowest BCUT2D eigenvalue weighted by Gasteiger charge is -2.31. The Labute approximate surface area is 158 Å². The zero-order valence-corrected chi connectivity index (χ0v) is 15.5. The number of piperidine rings is 1. The summed E-state index contributed by atoms with van der Waals surface area (Å²) in [5.41, 5.74) is 6.95. The third kappa shape index (κ3) is 4.08. The molecule has 0 spiro atoms. The van der Waals surface area contributed by atoms with Gasteiger partial charge in [-0.15, -0.1) is 5.10 Å². The van der Waals surface area contributed by atoms with Crippen molar-refractivity contribution < 1.29 is 4.79 Å². The van der Waals surface area contributed by atoms with Crippen molar-refractivity contribution in [3.05, 3.63) is 29.8 Å². The van der Waals surface area contributed by atoms with Crippen LogP contribution in [0.15, 0.2) is 18.6 Å². The van der Waals surface area contributed by atoms with Crippen LogP contribution in [0.5, 0.6) is 0 Å². The van der Waals surface area contributed by atoms with Crippen LogP contribution in [0.4, 0.5) is 5.95 Å². The molecule has 27 heavy (non-hydrogen) atoms. The molecule has 4 rings (SSSR count). The number of rotatable bonds is 5. The molecule has 2 N–H and O–H groups in total. The highest BCUT2D eigenvalue weighted by Gasteiger charge is 2.25. The maximum atomic E-state index is 12.7. The van der Waals surface area contributed by atoms with Crippen LogP contribution in [0.2, 0.25) is 0 Å². The highest BCUT2D eigenvalue weighted by Crippen LogP contribution is 2.21. The second kappa shape index (κ2) is 7.99. The molecule has 144 valence electrons. The van der Waals surface area contributed by atoms with Crippen molar-refractivity contribution in [3.63, 3.8) is 0 Å². The molecule has 0 bridgehead atoms. The van der Waals surface area contributed by atoms with Crippen molar-refractivity contribution in [1.29, 1.82) is 0 Å². The largest absolute Gasteiger partial charge is 0.341 e. The van der Waals surface area contributed by atoms with Crippen molar-refractivity contribution in [2.75, 3.05) is 31.1 Å². The van der Waals surface area contributed by atoms with E-state index in [2.05, 4.69) is 25.2 Å². The first-order valence-electron chi connectivity index (χ1n) is 9.68. The van der Waals surface area contributed by atoms with Crippen LogP contribution in [0.1, 0.15) is 41.7 Å².